The van der Waals surface area contributed by atoms with E-state index in [1.807, 2.05) is 37.3 Å². The van der Waals surface area contributed by atoms with Crippen molar-refractivity contribution >= 4 is 44.9 Å². The maximum absolute atomic E-state index is 12.6. The lowest BCUT2D eigenvalue weighted by molar-refractivity contribution is -0.116. The normalized spacial score (nSPS) is 11.0. The van der Waals surface area contributed by atoms with E-state index >= 15 is 0 Å². The van der Waals surface area contributed by atoms with Gasteiger partial charge in [-0.3, -0.25) is 4.79 Å². The second kappa shape index (κ2) is 7.32. The first-order valence-corrected chi connectivity index (χ1v) is 9.61. The van der Waals surface area contributed by atoms with Crippen LogP contribution >= 0.6 is 23.1 Å². The summed E-state index contributed by atoms with van der Waals surface area (Å²) in [6.45, 7) is 6.82. The molecular weight excluding hydrogens is 338 g/mol. The van der Waals surface area contributed by atoms with Crippen LogP contribution in [0.4, 0.5) is 5.69 Å². The van der Waals surface area contributed by atoms with Crippen molar-refractivity contribution in [1.82, 2.24) is 9.97 Å². The van der Waals surface area contributed by atoms with Gasteiger partial charge in [-0.05, 0) is 38.5 Å². The van der Waals surface area contributed by atoms with Crippen LogP contribution in [0, 0.1) is 13.8 Å². The maximum atomic E-state index is 12.6. The molecule has 3 aromatic rings. The lowest BCUT2D eigenvalue weighted by atomic mass is 10.2. The lowest BCUT2D eigenvalue weighted by Gasteiger charge is -2.20. The quantitative estimate of drug-likeness (QED) is 0.500. The van der Waals surface area contributed by atoms with E-state index in [9.17, 15) is 4.79 Å². The van der Waals surface area contributed by atoms with Gasteiger partial charge in [0, 0.05) is 22.5 Å². The van der Waals surface area contributed by atoms with Crippen molar-refractivity contribution in [1.29, 1.82) is 0 Å². The predicted molar refractivity (Wildman–Crippen MR) is 102 cm³/mol. The van der Waals surface area contributed by atoms with Crippen LogP contribution in [-0.4, -0.2) is 28.2 Å². The molecule has 0 aliphatic rings. The van der Waals surface area contributed by atoms with E-state index in [2.05, 4.69) is 23.8 Å². The van der Waals surface area contributed by atoms with Gasteiger partial charge in [-0.1, -0.05) is 30.0 Å². The van der Waals surface area contributed by atoms with Gasteiger partial charge in [-0.15, -0.1) is 11.3 Å². The van der Waals surface area contributed by atoms with Crippen LogP contribution in [0.25, 0.3) is 10.2 Å². The molecule has 6 heteroatoms. The SMILES string of the molecule is CCN(C(=O)CSc1ncnc2sc(C)c(C)c12)c1ccccc1. The molecule has 0 saturated heterocycles. The molecule has 2 heterocycles. The van der Waals surface area contributed by atoms with Crippen molar-refractivity contribution in [2.24, 2.45) is 0 Å². The van der Waals surface area contributed by atoms with Gasteiger partial charge in [0.25, 0.3) is 0 Å². The summed E-state index contributed by atoms with van der Waals surface area (Å²) >= 11 is 3.16. The number of amides is 1. The van der Waals surface area contributed by atoms with E-state index in [1.165, 1.54) is 22.2 Å². The van der Waals surface area contributed by atoms with Crippen molar-refractivity contribution in [3.8, 4) is 0 Å². The first-order chi connectivity index (χ1) is 11.6. The molecule has 0 atom stereocenters. The second-order valence-corrected chi connectivity index (χ2v) is 7.57. The maximum Gasteiger partial charge on any atom is 0.237 e. The highest BCUT2D eigenvalue weighted by Gasteiger charge is 2.17. The number of aromatic nitrogens is 2. The Bertz CT molecular complexity index is 861. The number of carbonyl (C=O) groups is 1. The largest absolute Gasteiger partial charge is 0.312 e. The highest BCUT2D eigenvalue weighted by atomic mass is 32.2. The molecule has 0 saturated carbocycles. The Morgan fingerprint density at radius 1 is 1.21 bits per heavy atom. The van der Waals surface area contributed by atoms with Crippen LogP contribution in [0.3, 0.4) is 0 Å². The zero-order chi connectivity index (χ0) is 17.1. The Morgan fingerprint density at radius 2 is 1.96 bits per heavy atom. The average Bonchev–Trinajstić information content (AvgIpc) is 2.89. The first-order valence-electron chi connectivity index (χ1n) is 7.80. The van der Waals surface area contributed by atoms with Gasteiger partial charge in [0.05, 0.1) is 5.75 Å². The number of nitrogens with zero attached hydrogens (tertiary/aromatic N) is 3. The molecule has 0 fully saturated rings. The van der Waals surface area contributed by atoms with E-state index in [-0.39, 0.29) is 5.91 Å². The molecule has 0 N–H and O–H groups in total. The highest BCUT2D eigenvalue weighted by molar-refractivity contribution is 8.00. The molecule has 3 rings (SSSR count). The summed E-state index contributed by atoms with van der Waals surface area (Å²) in [4.78, 5) is 25.4. The average molecular weight is 358 g/mol. The molecule has 0 radical (unpaired) electrons. The lowest BCUT2D eigenvalue weighted by Crippen LogP contribution is -2.32. The molecule has 24 heavy (non-hydrogen) atoms. The van der Waals surface area contributed by atoms with Gasteiger partial charge in [0.1, 0.15) is 16.2 Å². The molecule has 0 aliphatic heterocycles. The minimum Gasteiger partial charge on any atom is -0.312 e. The molecule has 4 nitrogen and oxygen atoms in total. The molecule has 0 bridgehead atoms. The van der Waals surface area contributed by atoms with Crippen LogP contribution in [0.1, 0.15) is 17.4 Å². The smallest absolute Gasteiger partial charge is 0.237 e. The summed E-state index contributed by atoms with van der Waals surface area (Å²) in [5, 5.41) is 1.97. The van der Waals surface area contributed by atoms with Gasteiger partial charge in [-0.2, -0.15) is 0 Å². The fraction of sp³-hybridized carbons (Fsp3) is 0.278. The van der Waals surface area contributed by atoms with Crippen molar-refractivity contribution in [3.05, 3.63) is 47.1 Å². The minimum atomic E-state index is 0.0880. The fourth-order valence-corrected chi connectivity index (χ4v) is 4.57. The number of fused-ring (bicyclic) bond motifs is 1. The third kappa shape index (κ3) is 3.30. The summed E-state index contributed by atoms with van der Waals surface area (Å²) in [6, 6.07) is 9.77. The second-order valence-electron chi connectivity index (χ2n) is 5.40. The zero-order valence-electron chi connectivity index (χ0n) is 13.9. The van der Waals surface area contributed by atoms with Crippen LogP contribution in [0.15, 0.2) is 41.7 Å². The van der Waals surface area contributed by atoms with Gasteiger partial charge < -0.3 is 4.90 Å². The number of rotatable bonds is 5. The standard InChI is InChI=1S/C18H19N3OS2/c1-4-21(14-8-6-5-7-9-14)15(22)10-23-17-16-12(2)13(3)24-18(16)20-11-19-17/h5-9,11H,4,10H2,1-3H3. The number of para-hydroxylation sites is 1. The Morgan fingerprint density at radius 3 is 2.67 bits per heavy atom. The first kappa shape index (κ1) is 16.9. The molecule has 124 valence electrons. The number of thiophene rings is 1. The summed E-state index contributed by atoms with van der Waals surface area (Å²) in [7, 11) is 0. The van der Waals surface area contributed by atoms with Gasteiger partial charge in [0.15, 0.2) is 0 Å². The summed E-state index contributed by atoms with van der Waals surface area (Å²) < 4.78 is 0. The third-order valence-corrected chi connectivity index (χ3v) is 6.04. The molecule has 2 aromatic heterocycles. The van der Waals surface area contributed by atoms with E-state index in [1.54, 1.807) is 22.6 Å². The molecule has 0 unspecified atom stereocenters. The Balaban J connectivity index is 1.79. The van der Waals surface area contributed by atoms with E-state index in [0.29, 0.717) is 12.3 Å². The molecule has 1 aromatic carbocycles. The van der Waals surface area contributed by atoms with Crippen molar-refractivity contribution in [3.63, 3.8) is 0 Å². The number of aryl methyl sites for hydroxylation is 2. The van der Waals surface area contributed by atoms with E-state index in [4.69, 9.17) is 0 Å². The minimum absolute atomic E-state index is 0.0880. The Kier molecular flexibility index (Phi) is 5.16. The van der Waals surface area contributed by atoms with Crippen LogP contribution in [-0.2, 0) is 4.79 Å². The molecule has 0 aliphatic carbocycles. The predicted octanol–water partition coefficient (Wildman–Crippen LogP) is 4.45. The fourth-order valence-electron chi connectivity index (χ4n) is 2.58. The summed E-state index contributed by atoms with van der Waals surface area (Å²) in [5.74, 6) is 0.452. The van der Waals surface area contributed by atoms with E-state index in [0.717, 1.165) is 20.9 Å². The van der Waals surface area contributed by atoms with E-state index < -0.39 is 0 Å². The topological polar surface area (TPSA) is 46.1 Å². The molecular formula is C18H19N3OS2. The van der Waals surface area contributed by atoms with Crippen LogP contribution in [0.2, 0.25) is 0 Å². The Hall–Kier alpha value is -1.92. The number of hydrogen-bond donors (Lipinski definition) is 0. The number of benzene rings is 1. The van der Waals surface area contributed by atoms with Crippen LogP contribution < -0.4 is 4.90 Å². The zero-order valence-corrected chi connectivity index (χ0v) is 15.6. The van der Waals surface area contributed by atoms with Gasteiger partial charge >= 0.3 is 0 Å². The van der Waals surface area contributed by atoms with Crippen molar-refractivity contribution in [2.75, 3.05) is 17.2 Å². The summed E-state index contributed by atoms with van der Waals surface area (Å²) in [5.41, 5.74) is 2.14. The molecule has 1 amide bonds. The monoisotopic (exact) mass is 357 g/mol. The molecule has 0 spiro atoms. The van der Waals surface area contributed by atoms with Gasteiger partial charge in [0.2, 0.25) is 5.91 Å². The van der Waals surface area contributed by atoms with Crippen LogP contribution in [0.5, 0.6) is 0 Å². The summed E-state index contributed by atoms with van der Waals surface area (Å²) in [6.07, 6.45) is 1.58. The van der Waals surface area contributed by atoms with Crippen molar-refractivity contribution < 1.29 is 4.79 Å². The Labute approximate surface area is 149 Å². The highest BCUT2D eigenvalue weighted by Crippen LogP contribution is 2.34. The number of thioether (sulfide) groups is 1. The van der Waals surface area contributed by atoms with Crippen molar-refractivity contribution in [2.45, 2.75) is 25.8 Å². The number of hydrogen-bond acceptors (Lipinski definition) is 5. The van der Waals surface area contributed by atoms with Gasteiger partial charge in [-0.25, -0.2) is 9.97 Å². The third-order valence-electron chi connectivity index (χ3n) is 3.95. The number of carbonyl (C=O) groups excluding carboxylic acids is 1. The number of anilines is 1.